The summed E-state index contributed by atoms with van der Waals surface area (Å²) in [7, 11) is 0. The van der Waals surface area contributed by atoms with Gasteiger partial charge in [-0.2, -0.15) is 0 Å². The van der Waals surface area contributed by atoms with Crippen molar-refractivity contribution in [3.63, 3.8) is 0 Å². The lowest BCUT2D eigenvalue weighted by molar-refractivity contribution is -0.133. The van der Waals surface area contributed by atoms with Crippen molar-refractivity contribution in [1.82, 2.24) is 10.2 Å². The number of Topliss-reactive ketones (excluding diaryl/α,β-unsaturated/α-hetero) is 1. The molecule has 0 aromatic heterocycles. The van der Waals surface area contributed by atoms with E-state index in [4.69, 9.17) is 0 Å². The van der Waals surface area contributed by atoms with Crippen molar-refractivity contribution in [3.05, 3.63) is 0 Å². The zero-order valence-corrected chi connectivity index (χ0v) is 12.1. The lowest BCUT2D eigenvalue weighted by Crippen LogP contribution is -2.36. The maximum absolute atomic E-state index is 11.7. The van der Waals surface area contributed by atoms with Gasteiger partial charge in [-0.15, -0.1) is 0 Å². The summed E-state index contributed by atoms with van der Waals surface area (Å²) >= 11 is 0. The van der Waals surface area contributed by atoms with Crippen LogP contribution < -0.4 is 5.32 Å². The number of rotatable bonds is 5. The first kappa shape index (κ1) is 15.7. The summed E-state index contributed by atoms with van der Waals surface area (Å²) in [4.78, 5) is 36.7. The van der Waals surface area contributed by atoms with Gasteiger partial charge in [0.2, 0.25) is 11.8 Å². The molecule has 1 N–H and O–H groups in total. The number of nitrogens with one attached hydrogen (secondary N) is 1. The van der Waals surface area contributed by atoms with Gasteiger partial charge < -0.3 is 10.2 Å². The minimum atomic E-state index is -0.446. The van der Waals surface area contributed by atoms with Crippen LogP contribution in [0.15, 0.2) is 0 Å². The molecule has 0 aromatic rings. The molecule has 0 aromatic carbocycles. The average Bonchev–Trinajstić information content (AvgIpc) is 2.85. The summed E-state index contributed by atoms with van der Waals surface area (Å²) in [5, 5.41) is 2.58. The first-order valence-corrected chi connectivity index (χ1v) is 6.88. The van der Waals surface area contributed by atoms with Gasteiger partial charge in [-0.3, -0.25) is 14.4 Å². The summed E-state index contributed by atoms with van der Waals surface area (Å²) in [6.07, 6.45) is 2.50. The molecular formula is C14H24N2O3. The molecule has 0 aliphatic carbocycles. The fourth-order valence-corrected chi connectivity index (χ4v) is 1.88. The van der Waals surface area contributed by atoms with Gasteiger partial charge in [0.1, 0.15) is 0 Å². The second-order valence-corrected chi connectivity index (χ2v) is 6.04. The number of amides is 2. The van der Waals surface area contributed by atoms with Crippen molar-refractivity contribution < 1.29 is 14.4 Å². The maximum atomic E-state index is 11.7. The predicted octanol–water partition coefficient (Wildman–Crippen LogP) is 1.12. The molecule has 0 atom stereocenters. The Morgan fingerprint density at radius 1 is 1.05 bits per heavy atom. The van der Waals surface area contributed by atoms with Crippen molar-refractivity contribution in [2.75, 3.05) is 19.6 Å². The van der Waals surface area contributed by atoms with E-state index in [0.29, 0.717) is 0 Å². The number of nitrogens with zero attached hydrogens (tertiary/aromatic N) is 1. The lowest BCUT2D eigenvalue weighted by atomic mass is 9.91. The van der Waals surface area contributed by atoms with Gasteiger partial charge in [0.15, 0.2) is 5.78 Å². The van der Waals surface area contributed by atoms with Crippen LogP contribution in [0.25, 0.3) is 0 Å². The monoisotopic (exact) mass is 268 g/mol. The molecule has 0 spiro atoms. The van der Waals surface area contributed by atoms with Crippen LogP contribution in [0.4, 0.5) is 0 Å². The maximum Gasteiger partial charge on any atom is 0.223 e. The third kappa shape index (κ3) is 5.41. The van der Waals surface area contributed by atoms with Crippen LogP contribution >= 0.6 is 0 Å². The van der Waals surface area contributed by atoms with Crippen molar-refractivity contribution >= 4 is 17.6 Å². The Labute approximate surface area is 114 Å². The van der Waals surface area contributed by atoms with Crippen molar-refractivity contribution in [2.45, 2.75) is 46.5 Å². The summed E-state index contributed by atoms with van der Waals surface area (Å²) in [5.74, 6) is -0.202. The van der Waals surface area contributed by atoms with Gasteiger partial charge in [-0.1, -0.05) is 20.8 Å². The molecule has 5 nitrogen and oxygen atoms in total. The van der Waals surface area contributed by atoms with Crippen LogP contribution in [0.3, 0.4) is 0 Å². The number of likely N-dealkylation sites (tertiary alicyclic amines) is 1. The van der Waals surface area contributed by atoms with E-state index in [1.807, 2.05) is 20.8 Å². The zero-order valence-electron chi connectivity index (χ0n) is 12.1. The minimum Gasteiger partial charge on any atom is -0.349 e. The third-order valence-corrected chi connectivity index (χ3v) is 3.31. The second kappa shape index (κ2) is 6.68. The van der Waals surface area contributed by atoms with Gasteiger partial charge in [0.05, 0.1) is 6.54 Å². The molecule has 108 valence electrons. The number of carbonyl (C=O) groups is 3. The van der Waals surface area contributed by atoms with E-state index in [-0.39, 0.29) is 37.0 Å². The van der Waals surface area contributed by atoms with Crippen LogP contribution in [-0.4, -0.2) is 42.1 Å². The average molecular weight is 268 g/mol. The summed E-state index contributed by atoms with van der Waals surface area (Å²) in [6, 6.07) is 0. The topological polar surface area (TPSA) is 66.5 Å². The largest absolute Gasteiger partial charge is 0.349 e. The molecule has 2 amide bonds. The number of hydrogen-bond donors (Lipinski definition) is 1. The highest BCUT2D eigenvalue weighted by Crippen LogP contribution is 2.13. The number of carbonyl (C=O) groups excluding carboxylic acids is 3. The summed E-state index contributed by atoms with van der Waals surface area (Å²) < 4.78 is 0. The first-order valence-electron chi connectivity index (χ1n) is 6.88. The zero-order chi connectivity index (χ0) is 14.5. The van der Waals surface area contributed by atoms with Crippen molar-refractivity contribution in [2.24, 2.45) is 5.41 Å². The van der Waals surface area contributed by atoms with Crippen LogP contribution in [-0.2, 0) is 14.4 Å². The standard InChI is InChI=1S/C14H24N2O3/c1-14(2,3)11(17)10-15-12(18)6-7-13(19)16-8-4-5-9-16/h4-10H2,1-3H3,(H,15,18). The Hall–Kier alpha value is -1.39. The van der Waals surface area contributed by atoms with Crippen molar-refractivity contribution in [1.29, 1.82) is 0 Å². The molecule has 19 heavy (non-hydrogen) atoms. The molecule has 0 bridgehead atoms. The molecule has 0 unspecified atom stereocenters. The number of ketones is 1. The summed E-state index contributed by atoms with van der Waals surface area (Å²) in [6.45, 7) is 7.11. The van der Waals surface area contributed by atoms with E-state index in [2.05, 4.69) is 5.32 Å². The Morgan fingerprint density at radius 2 is 1.63 bits per heavy atom. The Bertz CT molecular complexity index is 352. The Balaban J connectivity index is 2.21. The van der Waals surface area contributed by atoms with Crippen LogP contribution in [0, 0.1) is 5.41 Å². The van der Waals surface area contributed by atoms with Crippen LogP contribution in [0.5, 0.6) is 0 Å². The molecule has 1 aliphatic heterocycles. The molecule has 1 heterocycles. The van der Waals surface area contributed by atoms with Crippen LogP contribution in [0.1, 0.15) is 46.5 Å². The quantitative estimate of drug-likeness (QED) is 0.812. The molecule has 1 saturated heterocycles. The Morgan fingerprint density at radius 3 is 2.16 bits per heavy atom. The highest BCUT2D eigenvalue weighted by Gasteiger charge is 2.22. The number of hydrogen-bond acceptors (Lipinski definition) is 3. The smallest absolute Gasteiger partial charge is 0.223 e. The van der Waals surface area contributed by atoms with E-state index >= 15 is 0 Å². The summed E-state index contributed by atoms with van der Waals surface area (Å²) in [5.41, 5.74) is -0.446. The highest BCUT2D eigenvalue weighted by molar-refractivity contribution is 5.90. The van der Waals surface area contributed by atoms with E-state index in [9.17, 15) is 14.4 Å². The van der Waals surface area contributed by atoms with Crippen LogP contribution in [0.2, 0.25) is 0 Å². The molecule has 0 radical (unpaired) electrons. The third-order valence-electron chi connectivity index (χ3n) is 3.31. The van der Waals surface area contributed by atoms with E-state index in [0.717, 1.165) is 25.9 Å². The molecule has 1 fully saturated rings. The molecule has 0 saturated carbocycles. The van der Waals surface area contributed by atoms with Gasteiger partial charge in [0, 0.05) is 31.3 Å². The fourth-order valence-electron chi connectivity index (χ4n) is 1.88. The predicted molar refractivity (Wildman–Crippen MR) is 72.5 cm³/mol. The lowest BCUT2D eigenvalue weighted by Gasteiger charge is -2.17. The minimum absolute atomic E-state index is 0.00767. The molecule has 5 heteroatoms. The van der Waals surface area contributed by atoms with E-state index < -0.39 is 5.41 Å². The second-order valence-electron chi connectivity index (χ2n) is 6.04. The molecule has 1 rings (SSSR count). The fraction of sp³-hybridized carbons (Fsp3) is 0.786. The first-order chi connectivity index (χ1) is 8.80. The normalized spacial score (nSPS) is 15.4. The molecular weight excluding hydrogens is 244 g/mol. The van der Waals surface area contributed by atoms with Gasteiger partial charge in [-0.05, 0) is 12.8 Å². The SMILES string of the molecule is CC(C)(C)C(=O)CNC(=O)CCC(=O)N1CCCC1. The van der Waals surface area contributed by atoms with Crippen molar-refractivity contribution in [3.8, 4) is 0 Å². The van der Waals surface area contributed by atoms with Gasteiger partial charge in [0.25, 0.3) is 0 Å². The van der Waals surface area contributed by atoms with E-state index in [1.54, 1.807) is 4.90 Å². The molecule has 1 aliphatic rings. The van der Waals surface area contributed by atoms with Gasteiger partial charge >= 0.3 is 0 Å². The van der Waals surface area contributed by atoms with Gasteiger partial charge in [-0.25, -0.2) is 0 Å². The highest BCUT2D eigenvalue weighted by atomic mass is 16.2. The Kier molecular flexibility index (Phi) is 5.51. The van der Waals surface area contributed by atoms with E-state index in [1.165, 1.54) is 0 Å².